The van der Waals surface area contributed by atoms with E-state index in [4.69, 9.17) is 16.0 Å². The summed E-state index contributed by atoms with van der Waals surface area (Å²) in [5.74, 6) is -0.167. The summed E-state index contributed by atoms with van der Waals surface area (Å²) in [5.41, 5.74) is 0.821. The maximum Gasteiger partial charge on any atom is 0.277 e. The number of fused-ring (bicyclic) bond motifs is 1. The number of aromatic nitrogens is 2. The van der Waals surface area contributed by atoms with Crippen LogP contribution in [0.2, 0.25) is 5.02 Å². The third-order valence-corrected chi connectivity index (χ3v) is 7.11. The first-order valence-electron chi connectivity index (χ1n) is 9.16. The summed E-state index contributed by atoms with van der Waals surface area (Å²) in [6, 6.07) is 13.6. The van der Waals surface area contributed by atoms with E-state index in [0.29, 0.717) is 15.8 Å². The highest BCUT2D eigenvalue weighted by molar-refractivity contribution is 8.00. The van der Waals surface area contributed by atoms with Crippen LogP contribution in [0.15, 0.2) is 58.2 Å². The summed E-state index contributed by atoms with van der Waals surface area (Å²) in [7, 11) is 0. The van der Waals surface area contributed by atoms with Crippen molar-refractivity contribution in [1.82, 2.24) is 15.5 Å². The summed E-state index contributed by atoms with van der Waals surface area (Å²) < 4.78 is 19.9. The molecule has 0 aliphatic rings. The number of hydrogen-bond donors (Lipinski definition) is 1. The molecule has 0 aliphatic carbocycles. The second-order valence-corrected chi connectivity index (χ2v) is 9.38. The van der Waals surface area contributed by atoms with Gasteiger partial charge in [-0.25, -0.2) is 4.39 Å². The molecule has 0 radical (unpaired) electrons. The third kappa shape index (κ3) is 4.35. The van der Waals surface area contributed by atoms with Crippen LogP contribution in [0.5, 0.6) is 0 Å². The zero-order valence-electron chi connectivity index (χ0n) is 16.1. The van der Waals surface area contributed by atoms with Crippen molar-refractivity contribution in [3.8, 4) is 10.8 Å². The van der Waals surface area contributed by atoms with Crippen LogP contribution in [-0.4, -0.2) is 21.4 Å². The average Bonchev–Trinajstić information content (AvgIpc) is 3.33. The first-order valence-corrected chi connectivity index (χ1v) is 11.2. The number of hydrogen-bond acceptors (Lipinski definition) is 6. The number of thiophene rings is 1. The Hall–Kier alpha value is -2.42. The lowest BCUT2D eigenvalue weighted by Crippen LogP contribution is -2.33. The minimum Gasteiger partial charge on any atom is -0.410 e. The van der Waals surface area contributed by atoms with Gasteiger partial charge in [0.25, 0.3) is 11.1 Å². The monoisotopic (exact) mass is 461 g/mol. The molecule has 0 saturated carbocycles. The van der Waals surface area contributed by atoms with Gasteiger partial charge < -0.3 is 9.73 Å². The molecule has 2 atom stereocenters. The quantitative estimate of drug-likeness (QED) is 0.351. The number of carbonyl (C=O) groups is 1. The zero-order chi connectivity index (χ0) is 21.3. The van der Waals surface area contributed by atoms with Crippen LogP contribution >= 0.6 is 34.7 Å². The minimum atomic E-state index is -0.459. The fraction of sp³-hybridized carbons (Fsp3) is 0.190. The first-order chi connectivity index (χ1) is 14.4. The molecule has 30 heavy (non-hydrogen) atoms. The maximum atomic E-state index is 13.1. The summed E-state index contributed by atoms with van der Waals surface area (Å²) in [6.45, 7) is 3.60. The molecule has 0 saturated heterocycles. The Morgan fingerprint density at radius 2 is 1.90 bits per heavy atom. The fourth-order valence-corrected chi connectivity index (χ4v) is 5.00. The Labute approximate surface area is 185 Å². The van der Waals surface area contributed by atoms with E-state index < -0.39 is 5.25 Å². The number of rotatable bonds is 6. The molecule has 1 N–H and O–H groups in total. The summed E-state index contributed by atoms with van der Waals surface area (Å²) in [6.07, 6.45) is 0. The molecular formula is C21H17ClFN3O2S2. The van der Waals surface area contributed by atoms with Crippen molar-refractivity contribution in [2.24, 2.45) is 0 Å². The van der Waals surface area contributed by atoms with Crippen molar-refractivity contribution >= 4 is 50.7 Å². The lowest BCUT2D eigenvalue weighted by Gasteiger charge is -2.16. The molecule has 0 fully saturated rings. The third-order valence-electron chi connectivity index (χ3n) is 4.51. The number of amides is 1. The molecule has 9 heteroatoms. The molecule has 2 aromatic carbocycles. The topological polar surface area (TPSA) is 68.0 Å². The lowest BCUT2D eigenvalue weighted by molar-refractivity contribution is -0.120. The van der Waals surface area contributed by atoms with E-state index >= 15 is 0 Å². The van der Waals surface area contributed by atoms with Crippen LogP contribution in [0, 0.1) is 5.82 Å². The number of halogens is 2. The van der Waals surface area contributed by atoms with Gasteiger partial charge in [0.2, 0.25) is 5.91 Å². The normalized spacial score (nSPS) is 13.3. The minimum absolute atomic E-state index is 0.184. The molecule has 5 nitrogen and oxygen atoms in total. The smallest absolute Gasteiger partial charge is 0.277 e. The molecule has 2 heterocycles. The van der Waals surface area contributed by atoms with E-state index in [1.807, 2.05) is 31.2 Å². The number of nitrogens with one attached hydrogen (secondary N) is 1. The molecule has 2 unspecified atom stereocenters. The van der Waals surface area contributed by atoms with Gasteiger partial charge in [-0.2, -0.15) is 0 Å². The first kappa shape index (κ1) is 20.8. The van der Waals surface area contributed by atoms with E-state index in [9.17, 15) is 9.18 Å². The Morgan fingerprint density at radius 3 is 2.63 bits per heavy atom. The maximum absolute atomic E-state index is 13.1. The van der Waals surface area contributed by atoms with Crippen molar-refractivity contribution in [1.29, 1.82) is 0 Å². The Bertz CT molecular complexity index is 1190. The van der Waals surface area contributed by atoms with E-state index in [1.54, 1.807) is 19.1 Å². The molecule has 0 aliphatic heterocycles. The van der Waals surface area contributed by atoms with Crippen molar-refractivity contribution in [3.63, 3.8) is 0 Å². The zero-order valence-corrected chi connectivity index (χ0v) is 18.4. The van der Waals surface area contributed by atoms with Crippen molar-refractivity contribution in [2.45, 2.75) is 30.4 Å². The van der Waals surface area contributed by atoms with Crippen LogP contribution in [0.3, 0.4) is 0 Å². The van der Waals surface area contributed by atoms with Gasteiger partial charge in [-0.3, -0.25) is 4.79 Å². The molecule has 0 bridgehead atoms. The van der Waals surface area contributed by atoms with Gasteiger partial charge in [0.1, 0.15) is 10.7 Å². The van der Waals surface area contributed by atoms with Crippen LogP contribution in [0.25, 0.3) is 20.9 Å². The largest absolute Gasteiger partial charge is 0.410 e. The molecule has 1 amide bonds. The van der Waals surface area contributed by atoms with E-state index in [1.165, 1.54) is 35.2 Å². The van der Waals surface area contributed by atoms with Crippen LogP contribution < -0.4 is 5.32 Å². The van der Waals surface area contributed by atoms with Gasteiger partial charge in [-0.05, 0) is 37.6 Å². The standard InChI is InChI=1S/C21H17ClFN3O2S2/c1-11(13-7-9-14(23)10-8-13)24-19(27)12(2)29-21-26-25-20(28-21)18-17(22)15-5-3-4-6-16(15)30-18/h3-12H,1-2H3,(H,24,27). The molecular weight excluding hydrogens is 445 g/mol. The number of carbonyl (C=O) groups excluding carboxylic acids is 1. The Morgan fingerprint density at radius 1 is 1.17 bits per heavy atom. The number of nitrogens with zero attached hydrogens (tertiary/aromatic N) is 2. The SMILES string of the molecule is CC(Sc1nnc(-c2sc3ccccc3c2Cl)o1)C(=O)NC(C)c1ccc(F)cc1. The van der Waals surface area contributed by atoms with E-state index in [-0.39, 0.29) is 23.0 Å². The predicted molar refractivity (Wildman–Crippen MR) is 118 cm³/mol. The van der Waals surface area contributed by atoms with Crippen LogP contribution in [0.1, 0.15) is 25.5 Å². The highest BCUT2D eigenvalue weighted by Crippen LogP contribution is 2.42. The van der Waals surface area contributed by atoms with Crippen molar-refractivity contribution in [3.05, 3.63) is 64.9 Å². The van der Waals surface area contributed by atoms with Gasteiger partial charge in [0.05, 0.1) is 16.3 Å². The second-order valence-electron chi connectivity index (χ2n) is 6.66. The van der Waals surface area contributed by atoms with Gasteiger partial charge in [0.15, 0.2) is 0 Å². The van der Waals surface area contributed by atoms with E-state index in [2.05, 4.69) is 15.5 Å². The molecule has 4 aromatic rings. The highest BCUT2D eigenvalue weighted by Gasteiger charge is 2.22. The molecule has 4 rings (SSSR count). The molecule has 2 aromatic heterocycles. The van der Waals surface area contributed by atoms with Crippen molar-refractivity contribution in [2.75, 3.05) is 0 Å². The predicted octanol–water partition coefficient (Wildman–Crippen LogP) is 6.10. The number of thioether (sulfide) groups is 1. The van der Waals surface area contributed by atoms with Gasteiger partial charge in [-0.15, -0.1) is 21.5 Å². The number of benzene rings is 2. The van der Waals surface area contributed by atoms with Gasteiger partial charge >= 0.3 is 0 Å². The highest BCUT2D eigenvalue weighted by atomic mass is 35.5. The summed E-state index contributed by atoms with van der Waals surface area (Å²) in [4.78, 5) is 13.2. The van der Waals surface area contributed by atoms with E-state index in [0.717, 1.165) is 15.6 Å². The Balaban J connectivity index is 1.43. The molecule has 154 valence electrons. The van der Waals surface area contributed by atoms with Crippen LogP contribution in [-0.2, 0) is 4.79 Å². The van der Waals surface area contributed by atoms with Gasteiger partial charge in [0, 0.05) is 10.1 Å². The fourth-order valence-electron chi connectivity index (χ4n) is 2.87. The van der Waals surface area contributed by atoms with Crippen LogP contribution in [0.4, 0.5) is 4.39 Å². The average molecular weight is 462 g/mol. The Kier molecular flexibility index (Phi) is 6.08. The second kappa shape index (κ2) is 8.75. The van der Waals surface area contributed by atoms with Crippen molar-refractivity contribution < 1.29 is 13.6 Å². The molecule has 0 spiro atoms. The summed E-state index contributed by atoms with van der Waals surface area (Å²) >= 11 is 9.12. The summed E-state index contributed by atoms with van der Waals surface area (Å²) in [5, 5.41) is 12.4. The van der Waals surface area contributed by atoms with Gasteiger partial charge in [-0.1, -0.05) is 53.7 Å². The lowest BCUT2D eigenvalue weighted by atomic mass is 10.1.